The predicted molar refractivity (Wildman–Crippen MR) is 116 cm³/mol. The number of carbonyl (C=O) groups excluding carboxylic acids is 2. The second-order valence-corrected chi connectivity index (χ2v) is 7.99. The van der Waals surface area contributed by atoms with Crippen LogP contribution in [0.4, 0.5) is 5.69 Å². The highest BCUT2D eigenvalue weighted by Crippen LogP contribution is 2.30. The molecule has 7 heteroatoms. The molecule has 29 heavy (non-hydrogen) atoms. The quantitative estimate of drug-likeness (QED) is 0.712. The summed E-state index contributed by atoms with van der Waals surface area (Å²) in [5.41, 5.74) is 4.59. The van der Waals surface area contributed by atoms with Crippen molar-refractivity contribution >= 4 is 29.1 Å². The van der Waals surface area contributed by atoms with Gasteiger partial charge in [-0.25, -0.2) is 0 Å². The van der Waals surface area contributed by atoms with Gasteiger partial charge >= 0.3 is 11.8 Å². The number of nitrogens with zero attached hydrogens (tertiary/aromatic N) is 2. The highest BCUT2D eigenvalue weighted by molar-refractivity contribution is 6.35. The van der Waals surface area contributed by atoms with E-state index in [4.69, 9.17) is 11.6 Å². The molecule has 0 aromatic heterocycles. The van der Waals surface area contributed by atoms with Gasteiger partial charge in [-0.15, -0.1) is 0 Å². The van der Waals surface area contributed by atoms with E-state index in [2.05, 4.69) is 40.8 Å². The van der Waals surface area contributed by atoms with Gasteiger partial charge in [0, 0.05) is 37.4 Å². The predicted octanol–water partition coefficient (Wildman–Crippen LogP) is 2.37. The van der Waals surface area contributed by atoms with Gasteiger partial charge in [0.2, 0.25) is 0 Å². The van der Waals surface area contributed by atoms with Crippen molar-refractivity contribution in [3.8, 4) is 0 Å². The first kappa shape index (κ1) is 21.1. The Kier molecular flexibility index (Phi) is 6.77. The molecule has 1 aliphatic rings. The van der Waals surface area contributed by atoms with Gasteiger partial charge in [0.1, 0.15) is 0 Å². The zero-order chi connectivity index (χ0) is 21.0. The number of benzene rings is 2. The number of halogens is 1. The van der Waals surface area contributed by atoms with Gasteiger partial charge in [-0.1, -0.05) is 35.9 Å². The molecule has 0 saturated heterocycles. The van der Waals surface area contributed by atoms with Crippen LogP contribution >= 0.6 is 11.6 Å². The first-order chi connectivity index (χ1) is 13.8. The average Bonchev–Trinajstić information content (AvgIpc) is 3.07. The fraction of sp³-hybridized carbons (Fsp3) is 0.364. The van der Waals surface area contributed by atoms with Crippen molar-refractivity contribution in [2.45, 2.75) is 19.0 Å². The molecule has 1 unspecified atom stereocenters. The number of nitrogens with one attached hydrogen (secondary N) is 2. The minimum absolute atomic E-state index is 0.0146. The summed E-state index contributed by atoms with van der Waals surface area (Å²) in [4.78, 5) is 28.7. The van der Waals surface area contributed by atoms with Gasteiger partial charge in [-0.05, 0) is 55.4 Å². The molecule has 6 nitrogen and oxygen atoms in total. The Balaban J connectivity index is 1.56. The minimum atomic E-state index is -0.645. The summed E-state index contributed by atoms with van der Waals surface area (Å²) in [6, 6.07) is 13.5. The van der Waals surface area contributed by atoms with Crippen LogP contribution in [0.25, 0.3) is 0 Å². The summed E-state index contributed by atoms with van der Waals surface area (Å²) in [5, 5.41) is 6.03. The second kappa shape index (κ2) is 9.29. The Bertz CT molecular complexity index is 883. The van der Waals surface area contributed by atoms with Crippen LogP contribution in [0.2, 0.25) is 5.02 Å². The van der Waals surface area contributed by atoms with Crippen LogP contribution in [0.3, 0.4) is 0 Å². The molecule has 0 spiro atoms. The number of hydrogen-bond donors (Lipinski definition) is 2. The van der Waals surface area contributed by atoms with E-state index in [1.807, 2.05) is 31.1 Å². The molecule has 0 saturated carbocycles. The van der Waals surface area contributed by atoms with Crippen LogP contribution in [0.15, 0.2) is 42.5 Å². The monoisotopic (exact) mass is 414 g/mol. The second-order valence-electron chi connectivity index (χ2n) is 7.56. The highest BCUT2D eigenvalue weighted by atomic mass is 35.5. The van der Waals surface area contributed by atoms with Crippen molar-refractivity contribution in [2.75, 3.05) is 39.1 Å². The lowest BCUT2D eigenvalue weighted by Gasteiger charge is -2.26. The topological polar surface area (TPSA) is 64.7 Å². The summed E-state index contributed by atoms with van der Waals surface area (Å²) in [6.07, 6.45) is 1.03. The third-order valence-corrected chi connectivity index (χ3v) is 5.52. The van der Waals surface area contributed by atoms with Crippen molar-refractivity contribution in [2.24, 2.45) is 0 Å². The van der Waals surface area contributed by atoms with Gasteiger partial charge in [-0.3, -0.25) is 9.59 Å². The number of rotatable bonds is 6. The Morgan fingerprint density at radius 2 is 1.79 bits per heavy atom. The minimum Gasteiger partial charge on any atom is -0.374 e. The molecule has 0 fully saturated rings. The maximum atomic E-state index is 12.2. The van der Waals surface area contributed by atoms with Gasteiger partial charge in [0.15, 0.2) is 0 Å². The number of carbonyl (C=O) groups is 2. The smallest absolute Gasteiger partial charge is 0.309 e. The zero-order valence-corrected chi connectivity index (χ0v) is 17.8. The van der Waals surface area contributed by atoms with Gasteiger partial charge in [-0.2, -0.15) is 0 Å². The van der Waals surface area contributed by atoms with Gasteiger partial charge in [0.25, 0.3) is 0 Å². The molecule has 1 atom stereocenters. The molecule has 0 radical (unpaired) electrons. The van der Waals surface area contributed by atoms with Crippen LogP contribution in [-0.4, -0.2) is 50.9 Å². The van der Waals surface area contributed by atoms with E-state index >= 15 is 0 Å². The molecule has 1 heterocycles. The lowest BCUT2D eigenvalue weighted by Crippen LogP contribution is -2.42. The third-order valence-electron chi connectivity index (χ3n) is 5.27. The molecule has 154 valence electrons. The van der Waals surface area contributed by atoms with Crippen molar-refractivity contribution in [1.82, 2.24) is 15.5 Å². The third kappa shape index (κ3) is 5.28. The number of hydrogen-bond acceptors (Lipinski definition) is 4. The average molecular weight is 415 g/mol. The van der Waals surface area contributed by atoms with E-state index in [1.54, 1.807) is 12.1 Å². The summed E-state index contributed by atoms with van der Waals surface area (Å²) < 4.78 is 0. The molecular weight excluding hydrogens is 388 g/mol. The fourth-order valence-electron chi connectivity index (χ4n) is 3.53. The molecule has 2 aromatic rings. The highest BCUT2D eigenvalue weighted by Gasteiger charge is 2.22. The van der Waals surface area contributed by atoms with Crippen LogP contribution in [0, 0.1) is 0 Å². The molecule has 2 aromatic carbocycles. The van der Waals surface area contributed by atoms with E-state index in [0.717, 1.165) is 24.1 Å². The summed E-state index contributed by atoms with van der Waals surface area (Å²) in [6.45, 7) is 1.66. The lowest BCUT2D eigenvalue weighted by molar-refractivity contribution is -0.139. The first-order valence-electron chi connectivity index (χ1n) is 9.66. The number of amides is 2. The van der Waals surface area contributed by atoms with E-state index in [-0.39, 0.29) is 12.6 Å². The molecule has 2 N–H and O–H groups in total. The normalized spacial score (nSPS) is 13.9. The Hall–Kier alpha value is -2.57. The maximum Gasteiger partial charge on any atom is 0.309 e. The first-order valence-corrected chi connectivity index (χ1v) is 10.0. The standard InChI is InChI=1S/C22H27ClN4O2/c1-26(2)20(16-6-9-19-17(12-16)10-11-27(19)3)14-25-22(29)21(28)24-13-15-4-7-18(23)8-5-15/h4-9,12,20H,10-11,13-14H2,1-3H3,(H,24,28)(H,25,29). The lowest BCUT2D eigenvalue weighted by atomic mass is 10.0. The van der Waals surface area contributed by atoms with Crippen molar-refractivity contribution in [1.29, 1.82) is 0 Å². The Morgan fingerprint density at radius 1 is 1.10 bits per heavy atom. The molecule has 2 amide bonds. The number of fused-ring (bicyclic) bond motifs is 1. The zero-order valence-electron chi connectivity index (χ0n) is 17.0. The van der Waals surface area contributed by atoms with E-state index in [9.17, 15) is 9.59 Å². The van der Waals surface area contributed by atoms with Crippen LogP contribution < -0.4 is 15.5 Å². The number of anilines is 1. The Morgan fingerprint density at radius 3 is 2.48 bits per heavy atom. The molecule has 0 aliphatic carbocycles. The molecule has 3 rings (SSSR count). The van der Waals surface area contributed by atoms with Gasteiger partial charge < -0.3 is 20.4 Å². The summed E-state index contributed by atoms with van der Waals surface area (Å²) in [7, 11) is 6.03. The van der Waals surface area contributed by atoms with E-state index < -0.39 is 11.8 Å². The molecule has 1 aliphatic heterocycles. The van der Waals surface area contributed by atoms with Crippen molar-refractivity contribution in [3.63, 3.8) is 0 Å². The SMILES string of the molecule is CN1CCc2cc(C(CNC(=O)C(=O)NCc3ccc(Cl)cc3)N(C)C)ccc21. The largest absolute Gasteiger partial charge is 0.374 e. The number of likely N-dealkylation sites (N-methyl/N-ethyl adjacent to an activating group) is 2. The van der Waals surface area contributed by atoms with Crippen LogP contribution in [0.1, 0.15) is 22.7 Å². The van der Waals surface area contributed by atoms with Crippen molar-refractivity contribution in [3.05, 3.63) is 64.2 Å². The van der Waals surface area contributed by atoms with Crippen LogP contribution in [0.5, 0.6) is 0 Å². The summed E-state index contributed by atoms with van der Waals surface area (Å²) in [5.74, 6) is -1.28. The molecule has 0 bridgehead atoms. The van der Waals surface area contributed by atoms with Gasteiger partial charge in [0.05, 0.1) is 6.04 Å². The van der Waals surface area contributed by atoms with E-state index in [1.165, 1.54) is 11.3 Å². The fourth-order valence-corrected chi connectivity index (χ4v) is 3.65. The summed E-state index contributed by atoms with van der Waals surface area (Å²) >= 11 is 5.85. The maximum absolute atomic E-state index is 12.2. The van der Waals surface area contributed by atoms with Crippen LogP contribution in [-0.2, 0) is 22.6 Å². The van der Waals surface area contributed by atoms with E-state index in [0.29, 0.717) is 11.6 Å². The Labute approximate surface area is 176 Å². The molecular formula is C22H27ClN4O2. The van der Waals surface area contributed by atoms with Crippen molar-refractivity contribution < 1.29 is 9.59 Å².